The number of amides is 1. The molecule has 15 heavy (non-hydrogen) atoms. The van der Waals surface area contributed by atoms with E-state index in [-0.39, 0.29) is 23.5 Å². The van der Waals surface area contributed by atoms with E-state index in [1.54, 1.807) is 6.92 Å². The average molecular weight is 234 g/mol. The summed E-state index contributed by atoms with van der Waals surface area (Å²) in [4.78, 5) is 10.9. The van der Waals surface area contributed by atoms with Gasteiger partial charge in [-0.3, -0.25) is 4.79 Å². The molecule has 0 aromatic carbocycles. The van der Waals surface area contributed by atoms with Gasteiger partial charge in [-0.25, -0.2) is 8.42 Å². The van der Waals surface area contributed by atoms with Crippen molar-refractivity contribution in [1.29, 1.82) is 0 Å². The first-order valence-electron chi connectivity index (χ1n) is 5.24. The molecule has 1 unspecified atom stereocenters. The minimum Gasteiger partial charge on any atom is -0.355 e. The Morgan fingerprint density at radius 2 is 2.13 bits per heavy atom. The highest BCUT2D eigenvalue weighted by Crippen LogP contribution is 2.10. The second-order valence-corrected chi connectivity index (χ2v) is 5.99. The Labute approximate surface area is 90.5 Å². The zero-order chi connectivity index (χ0) is 11.3. The van der Waals surface area contributed by atoms with Crippen LogP contribution in [0.2, 0.25) is 0 Å². The lowest BCUT2D eigenvalue weighted by Crippen LogP contribution is -2.37. The molecule has 0 spiro atoms. The van der Waals surface area contributed by atoms with Gasteiger partial charge >= 0.3 is 0 Å². The van der Waals surface area contributed by atoms with Gasteiger partial charge in [0.25, 0.3) is 0 Å². The van der Waals surface area contributed by atoms with E-state index in [1.807, 2.05) is 0 Å². The summed E-state index contributed by atoms with van der Waals surface area (Å²) in [5, 5.41) is 5.85. The molecule has 0 saturated carbocycles. The molecule has 6 heteroatoms. The average Bonchev–Trinajstić information content (AvgIpc) is 2.52. The Hall–Kier alpha value is -0.620. The smallest absolute Gasteiger partial charge is 0.219 e. The summed E-state index contributed by atoms with van der Waals surface area (Å²) in [6.45, 7) is 2.99. The maximum atomic E-state index is 11.1. The van der Waals surface area contributed by atoms with E-state index < -0.39 is 9.84 Å². The van der Waals surface area contributed by atoms with E-state index >= 15 is 0 Å². The molecule has 1 amide bonds. The van der Waals surface area contributed by atoms with Crippen molar-refractivity contribution in [3.63, 3.8) is 0 Å². The lowest BCUT2D eigenvalue weighted by molar-refractivity contribution is -0.120. The largest absolute Gasteiger partial charge is 0.355 e. The van der Waals surface area contributed by atoms with Gasteiger partial charge in [-0.1, -0.05) is 6.92 Å². The molecule has 1 aliphatic rings. The van der Waals surface area contributed by atoms with Gasteiger partial charge in [0.2, 0.25) is 5.91 Å². The fourth-order valence-electron chi connectivity index (χ4n) is 1.56. The highest BCUT2D eigenvalue weighted by atomic mass is 32.2. The molecule has 1 aliphatic heterocycles. The Bertz CT molecular complexity index is 313. The van der Waals surface area contributed by atoms with Gasteiger partial charge in [0.05, 0.1) is 11.5 Å². The number of hydrogen-bond donors (Lipinski definition) is 2. The Balaban J connectivity index is 2.09. The lowest BCUT2D eigenvalue weighted by atomic mass is 10.2. The molecular weight excluding hydrogens is 216 g/mol. The SMILES string of the molecule is CCC(=O)NCCNC1CCS(=O)(=O)C1. The van der Waals surface area contributed by atoms with Crippen LogP contribution in [0.4, 0.5) is 0 Å². The third-order valence-corrected chi connectivity index (χ3v) is 4.20. The highest BCUT2D eigenvalue weighted by molar-refractivity contribution is 7.91. The quantitative estimate of drug-likeness (QED) is 0.616. The van der Waals surface area contributed by atoms with Crippen molar-refractivity contribution in [3.8, 4) is 0 Å². The van der Waals surface area contributed by atoms with E-state index in [9.17, 15) is 13.2 Å². The molecule has 1 saturated heterocycles. The van der Waals surface area contributed by atoms with Crippen molar-refractivity contribution >= 4 is 15.7 Å². The molecule has 0 aromatic rings. The summed E-state index contributed by atoms with van der Waals surface area (Å²) >= 11 is 0. The van der Waals surface area contributed by atoms with Gasteiger partial charge in [-0.15, -0.1) is 0 Å². The third-order valence-electron chi connectivity index (χ3n) is 2.43. The molecule has 0 aromatic heterocycles. The van der Waals surface area contributed by atoms with Crippen LogP contribution in [0.25, 0.3) is 0 Å². The molecular formula is C9H18N2O3S. The maximum absolute atomic E-state index is 11.1. The molecule has 88 valence electrons. The van der Waals surface area contributed by atoms with Gasteiger partial charge < -0.3 is 10.6 Å². The molecule has 0 aliphatic carbocycles. The minimum absolute atomic E-state index is 0.0239. The number of carbonyl (C=O) groups is 1. The second kappa shape index (κ2) is 5.46. The van der Waals surface area contributed by atoms with E-state index in [0.717, 1.165) is 0 Å². The van der Waals surface area contributed by atoms with Crippen molar-refractivity contribution in [2.45, 2.75) is 25.8 Å². The standard InChI is InChI=1S/C9H18N2O3S/c1-2-9(12)11-5-4-10-8-3-6-15(13,14)7-8/h8,10H,2-7H2,1H3,(H,11,12). The van der Waals surface area contributed by atoms with Crippen LogP contribution in [0.15, 0.2) is 0 Å². The zero-order valence-electron chi connectivity index (χ0n) is 8.95. The maximum Gasteiger partial charge on any atom is 0.219 e. The number of hydrogen-bond acceptors (Lipinski definition) is 4. The van der Waals surface area contributed by atoms with Crippen LogP contribution >= 0.6 is 0 Å². The lowest BCUT2D eigenvalue weighted by Gasteiger charge is -2.10. The zero-order valence-corrected chi connectivity index (χ0v) is 9.77. The highest BCUT2D eigenvalue weighted by Gasteiger charge is 2.26. The van der Waals surface area contributed by atoms with Crippen molar-refractivity contribution in [1.82, 2.24) is 10.6 Å². The summed E-state index contributed by atoms with van der Waals surface area (Å²) in [5.74, 6) is 0.539. The molecule has 1 atom stereocenters. The topological polar surface area (TPSA) is 75.3 Å². The summed E-state index contributed by atoms with van der Waals surface area (Å²) in [5.41, 5.74) is 0. The van der Waals surface area contributed by atoms with Crippen LogP contribution in [0.5, 0.6) is 0 Å². The number of rotatable bonds is 5. The van der Waals surface area contributed by atoms with Crippen LogP contribution in [-0.2, 0) is 14.6 Å². The van der Waals surface area contributed by atoms with Gasteiger partial charge in [-0.2, -0.15) is 0 Å². The van der Waals surface area contributed by atoms with E-state index in [2.05, 4.69) is 10.6 Å². The summed E-state index contributed by atoms with van der Waals surface area (Å²) in [6.07, 6.45) is 1.17. The summed E-state index contributed by atoms with van der Waals surface area (Å²) < 4.78 is 22.2. The van der Waals surface area contributed by atoms with E-state index in [4.69, 9.17) is 0 Å². The van der Waals surface area contributed by atoms with Crippen LogP contribution in [0.3, 0.4) is 0 Å². The molecule has 0 bridgehead atoms. The Kier molecular flexibility index (Phi) is 4.53. The van der Waals surface area contributed by atoms with Crippen molar-refractivity contribution in [2.75, 3.05) is 24.6 Å². The molecule has 5 nitrogen and oxygen atoms in total. The normalized spacial score (nSPS) is 23.9. The fraction of sp³-hybridized carbons (Fsp3) is 0.889. The first kappa shape index (κ1) is 12.4. The molecule has 2 N–H and O–H groups in total. The number of nitrogens with one attached hydrogen (secondary N) is 2. The fourth-order valence-corrected chi connectivity index (χ4v) is 3.27. The van der Waals surface area contributed by atoms with E-state index in [0.29, 0.717) is 25.9 Å². The second-order valence-electron chi connectivity index (χ2n) is 3.76. The predicted octanol–water partition coefficient (Wildman–Crippen LogP) is -0.711. The Morgan fingerprint density at radius 1 is 1.40 bits per heavy atom. The van der Waals surface area contributed by atoms with Gasteiger partial charge in [0, 0.05) is 25.6 Å². The van der Waals surface area contributed by atoms with Crippen molar-refractivity contribution < 1.29 is 13.2 Å². The molecule has 1 fully saturated rings. The van der Waals surface area contributed by atoms with Crippen LogP contribution in [0.1, 0.15) is 19.8 Å². The predicted molar refractivity (Wildman–Crippen MR) is 58.4 cm³/mol. The van der Waals surface area contributed by atoms with Gasteiger partial charge in [-0.05, 0) is 6.42 Å². The monoisotopic (exact) mass is 234 g/mol. The molecule has 0 radical (unpaired) electrons. The summed E-state index contributed by atoms with van der Waals surface area (Å²) in [6, 6.07) is 0.0635. The molecule has 1 rings (SSSR count). The first-order valence-corrected chi connectivity index (χ1v) is 7.06. The van der Waals surface area contributed by atoms with Gasteiger partial charge in [0.1, 0.15) is 0 Å². The third kappa shape index (κ3) is 4.61. The first-order chi connectivity index (χ1) is 7.03. The van der Waals surface area contributed by atoms with Crippen molar-refractivity contribution in [2.24, 2.45) is 0 Å². The van der Waals surface area contributed by atoms with Crippen LogP contribution in [0, 0.1) is 0 Å². The van der Waals surface area contributed by atoms with E-state index in [1.165, 1.54) is 0 Å². The van der Waals surface area contributed by atoms with Crippen LogP contribution < -0.4 is 10.6 Å². The van der Waals surface area contributed by atoms with Crippen LogP contribution in [-0.4, -0.2) is 45.0 Å². The Morgan fingerprint density at radius 3 is 2.67 bits per heavy atom. The molecule has 1 heterocycles. The summed E-state index contributed by atoms with van der Waals surface area (Å²) in [7, 11) is -2.80. The van der Waals surface area contributed by atoms with Gasteiger partial charge in [0.15, 0.2) is 9.84 Å². The minimum atomic E-state index is -2.80. The number of sulfone groups is 1. The van der Waals surface area contributed by atoms with Crippen molar-refractivity contribution in [3.05, 3.63) is 0 Å². The number of carbonyl (C=O) groups excluding carboxylic acids is 1.